The molecule has 1 fully saturated rings. The lowest BCUT2D eigenvalue weighted by Gasteiger charge is -2.26. The molecule has 20 heavy (non-hydrogen) atoms. The van der Waals surface area contributed by atoms with Crippen LogP contribution in [0.2, 0.25) is 0 Å². The zero-order valence-electron chi connectivity index (χ0n) is 11.1. The Bertz CT molecular complexity index is 551. The first-order valence-electron chi connectivity index (χ1n) is 6.87. The van der Waals surface area contributed by atoms with Crippen molar-refractivity contribution in [2.24, 2.45) is 0 Å². The van der Waals surface area contributed by atoms with Crippen molar-refractivity contribution in [2.45, 2.75) is 37.1 Å². The van der Waals surface area contributed by atoms with Crippen LogP contribution in [0.5, 0.6) is 5.75 Å². The van der Waals surface area contributed by atoms with E-state index in [0.717, 1.165) is 17.7 Å². The third-order valence-corrected chi connectivity index (χ3v) is 4.05. The van der Waals surface area contributed by atoms with Crippen LogP contribution in [0.3, 0.4) is 0 Å². The molecule has 1 amide bonds. The van der Waals surface area contributed by atoms with Crippen molar-refractivity contribution in [3.63, 3.8) is 0 Å². The van der Waals surface area contributed by atoms with Gasteiger partial charge in [-0.3, -0.25) is 4.79 Å². The van der Waals surface area contributed by atoms with Gasteiger partial charge < -0.3 is 15.2 Å². The van der Waals surface area contributed by atoms with Gasteiger partial charge in [-0.15, -0.1) is 0 Å². The number of benzene rings is 1. The summed E-state index contributed by atoms with van der Waals surface area (Å²) in [6.45, 7) is 0.596. The van der Waals surface area contributed by atoms with E-state index >= 15 is 0 Å². The molecular formula is C15H17NO4. The predicted octanol–water partition coefficient (Wildman–Crippen LogP) is 1.68. The van der Waals surface area contributed by atoms with E-state index in [1.165, 1.54) is 0 Å². The molecule has 1 unspecified atom stereocenters. The van der Waals surface area contributed by atoms with Gasteiger partial charge in [-0.25, -0.2) is 4.79 Å². The molecule has 2 aliphatic rings. The van der Waals surface area contributed by atoms with Crippen molar-refractivity contribution in [3.8, 4) is 5.75 Å². The van der Waals surface area contributed by atoms with E-state index in [2.05, 4.69) is 5.32 Å². The Kier molecular flexibility index (Phi) is 3.12. The average Bonchev–Trinajstić information content (AvgIpc) is 3.20. The van der Waals surface area contributed by atoms with Crippen molar-refractivity contribution in [3.05, 3.63) is 29.8 Å². The van der Waals surface area contributed by atoms with Crippen LogP contribution in [0, 0.1) is 0 Å². The van der Waals surface area contributed by atoms with Crippen molar-refractivity contribution < 1.29 is 19.4 Å². The molecule has 3 rings (SSSR count). The molecule has 5 nitrogen and oxygen atoms in total. The van der Waals surface area contributed by atoms with Crippen molar-refractivity contribution >= 4 is 11.9 Å². The molecule has 1 aliphatic heterocycles. The van der Waals surface area contributed by atoms with Crippen LogP contribution in [0.15, 0.2) is 24.3 Å². The summed E-state index contributed by atoms with van der Waals surface area (Å²) >= 11 is 0. The fourth-order valence-corrected chi connectivity index (χ4v) is 2.69. The molecule has 2 N–H and O–H groups in total. The summed E-state index contributed by atoms with van der Waals surface area (Å²) in [5, 5.41) is 11.7. The third kappa shape index (κ3) is 2.35. The number of carboxylic acids is 1. The highest BCUT2D eigenvalue weighted by Gasteiger charge is 2.51. The number of hydrogen-bond donors (Lipinski definition) is 2. The number of amides is 1. The van der Waals surface area contributed by atoms with Crippen LogP contribution in [0.1, 0.15) is 37.2 Å². The summed E-state index contributed by atoms with van der Waals surface area (Å²) in [6.07, 6.45) is 2.15. The maximum Gasteiger partial charge on any atom is 0.329 e. The molecule has 0 bridgehead atoms. The fraction of sp³-hybridized carbons (Fsp3) is 0.467. The third-order valence-electron chi connectivity index (χ3n) is 4.05. The van der Waals surface area contributed by atoms with Gasteiger partial charge in [-0.05, 0) is 36.8 Å². The number of nitrogens with one attached hydrogen (secondary N) is 1. The normalized spacial score (nSPS) is 22.3. The number of fused-ring (bicyclic) bond motifs is 1. The van der Waals surface area contributed by atoms with E-state index in [0.29, 0.717) is 25.9 Å². The maximum absolute atomic E-state index is 12.1. The van der Waals surface area contributed by atoms with E-state index in [1.807, 2.05) is 24.3 Å². The van der Waals surface area contributed by atoms with Crippen molar-refractivity contribution in [1.29, 1.82) is 0 Å². The molecule has 1 atom stereocenters. The summed E-state index contributed by atoms with van der Waals surface area (Å²) in [7, 11) is 0. The second-order valence-electron chi connectivity index (χ2n) is 5.51. The Morgan fingerprint density at radius 3 is 2.80 bits per heavy atom. The highest BCUT2D eigenvalue weighted by molar-refractivity contribution is 5.89. The number of carboxylic acid groups (broad SMARTS) is 1. The Hall–Kier alpha value is -2.04. The molecule has 1 aliphatic carbocycles. The molecule has 0 spiro atoms. The Morgan fingerprint density at radius 2 is 2.10 bits per heavy atom. The SMILES string of the molecule is O=C(CC1CCOc2ccccc21)NC1(C(=O)O)CC1. The van der Waals surface area contributed by atoms with E-state index in [9.17, 15) is 9.59 Å². The molecule has 5 heteroatoms. The smallest absolute Gasteiger partial charge is 0.329 e. The molecule has 0 saturated heterocycles. The number of para-hydroxylation sites is 1. The van der Waals surface area contributed by atoms with Gasteiger partial charge in [-0.2, -0.15) is 0 Å². The van der Waals surface area contributed by atoms with E-state index in [-0.39, 0.29) is 11.8 Å². The zero-order valence-corrected chi connectivity index (χ0v) is 11.1. The number of aliphatic carboxylic acids is 1. The number of rotatable bonds is 4. The summed E-state index contributed by atoms with van der Waals surface area (Å²) in [5.74, 6) is -0.190. The average molecular weight is 275 g/mol. The first-order chi connectivity index (χ1) is 9.61. The molecule has 0 aromatic heterocycles. The Morgan fingerprint density at radius 1 is 1.35 bits per heavy atom. The summed E-state index contributed by atoms with van der Waals surface area (Å²) in [4.78, 5) is 23.1. The standard InChI is InChI=1S/C15H17NO4/c17-13(16-15(6-7-15)14(18)19)9-10-5-8-20-12-4-2-1-3-11(10)12/h1-4,10H,5-9H2,(H,16,17)(H,18,19). The van der Waals surface area contributed by atoms with Gasteiger partial charge in [0.1, 0.15) is 11.3 Å². The van der Waals surface area contributed by atoms with Crippen LogP contribution in [0.4, 0.5) is 0 Å². The van der Waals surface area contributed by atoms with Crippen LogP contribution >= 0.6 is 0 Å². The first kappa shape index (κ1) is 13.0. The lowest BCUT2D eigenvalue weighted by Crippen LogP contribution is -2.43. The van der Waals surface area contributed by atoms with Crippen LogP contribution < -0.4 is 10.1 Å². The second kappa shape index (κ2) is 4.81. The topological polar surface area (TPSA) is 75.6 Å². The van der Waals surface area contributed by atoms with Crippen molar-refractivity contribution in [1.82, 2.24) is 5.32 Å². The quantitative estimate of drug-likeness (QED) is 0.876. The number of ether oxygens (including phenoxy) is 1. The summed E-state index contributed by atoms with van der Waals surface area (Å²) < 4.78 is 5.56. The highest BCUT2D eigenvalue weighted by atomic mass is 16.5. The van der Waals surface area contributed by atoms with E-state index < -0.39 is 11.5 Å². The molecule has 0 radical (unpaired) electrons. The van der Waals surface area contributed by atoms with E-state index in [1.54, 1.807) is 0 Å². The minimum atomic E-state index is -0.998. The number of hydrogen-bond acceptors (Lipinski definition) is 3. The number of carbonyl (C=O) groups is 2. The number of carbonyl (C=O) groups excluding carboxylic acids is 1. The maximum atomic E-state index is 12.1. The Labute approximate surface area is 116 Å². The largest absolute Gasteiger partial charge is 0.493 e. The van der Waals surface area contributed by atoms with Gasteiger partial charge in [0.05, 0.1) is 6.61 Å². The van der Waals surface area contributed by atoms with Crippen LogP contribution in [0.25, 0.3) is 0 Å². The first-order valence-corrected chi connectivity index (χ1v) is 6.87. The van der Waals surface area contributed by atoms with Gasteiger partial charge in [0, 0.05) is 6.42 Å². The zero-order chi connectivity index (χ0) is 14.2. The molecule has 1 heterocycles. The predicted molar refractivity (Wildman–Crippen MR) is 71.7 cm³/mol. The van der Waals surface area contributed by atoms with Gasteiger partial charge >= 0.3 is 5.97 Å². The molecule has 1 aromatic carbocycles. The summed E-state index contributed by atoms with van der Waals surface area (Å²) in [5.41, 5.74) is 0.0379. The minimum Gasteiger partial charge on any atom is -0.493 e. The lowest BCUT2D eigenvalue weighted by molar-refractivity contribution is -0.143. The molecule has 106 valence electrons. The molecule has 1 saturated carbocycles. The Balaban J connectivity index is 1.67. The van der Waals surface area contributed by atoms with Gasteiger partial charge in [-0.1, -0.05) is 18.2 Å². The van der Waals surface area contributed by atoms with Gasteiger partial charge in [0.25, 0.3) is 0 Å². The lowest BCUT2D eigenvalue weighted by atomic mass is 9.90. The van der Waals surface area contributed by atoms with E-state index in [4.69, 9.17) is 9.84 Å². The summed E-state index contributed by atoms with van der Waals surface area (Å²) in [6, 6.07) is 7.71. The minimum absolute atomic E-state index is 0.101. The molecular weight excluding hydrogens is 258 g/mol. The highest BCUT2D eigenvalue weighted by Crippen LogP contribution is 2.38. The second-order valence-corrected chi connectivity index (χ2v) is 5.51. The van der Waals surface area contributed by atoms with Crippen LogP contribution in [-0.2, 0) is 9.59 Å². The van der Waals surface area contributed by atoms with Crippen molar-refractivity contribution in [2.75, 3.05) is 6.61 Å². The monoisotopic (exact) mass is 275 g/mol. The van der Waals surface area contributed by atoms with Gasteiger partial charge in [0.15, 0.2) is 0 Å². The molecule has 1 aromatic rings. The van der Waals surface area contributed by atoms with Crippen LogP contribution in [-0.4, -0.2) is 29.1 Å². The van der Waals surface area contributed by atoms with Gasteiger partial charge in [0.2, 0.25) is 5.91 Å². The fourth-order valence-electron chi connectivity index (χ4n) is 2.69.